The van der Waals surface area contributed by atoms with E-state index in [1.807, 2.05) is 0 Å². The van der Waals surface area contributed by atoms with E-state index in [1.54, 1.807) is 0 Å². The van der Waals surface area contributed by atoms with Crippen LogP contribution in [0.2, 0.25) is 0 Å². The first-order chi connectivity index (χ1) is 5.63. The van der Waals surface area contributed by atoms with Crippen molar-refractivity contribution in [1.82, 2.24) is 0 Å². The molecular weight excluding hydrogens is 213 g/mol. The topological polar surface area (TPSA) is 167 Å². The maximum atomic E-state index is 9.47. The van der Waals surface area contributed by atoms with E-state index < -0.39 is 25.5 Å². The summed E-state index contributed by atoms with van der Waals surface area (Å²) in [5.41, 5.74) is 0. The summed E-state index contributed by atoms with van der Waals surface area (Å²) in [4.78, 5) is 43.7. The standard InChI is InChI=1S/C2H3NO5.H3O4P/c4-2(5)1-8-3(6)7;1-5(2,3)4/h1H2,(H,4,5);(H3,1,2,3,4). The quantitative estimate of drug-likeness (QED) is 0.247. The second-order valence-corrected chi connectivity index (χ2v) is 2.43. The van der Waals surface area contributed by atoms with Crippen LogP contribution >= 0.6 is 7.82 Å². The molecule has 0 unspecified atom stereocenters. The van der Waals surface area contributed by atoms with Gasteiger partial charge in [-0.3, -0.25) is 4.79 Å². The highest BCUT2D eigenvalue weighted by atomic mass is 31.2. The molecule has 4 N–H and O–H groups in total. The van der Waals surface area contributed by atoms with Gasteiger partial charge in [-0.2, -0.15) is 0 Å². The lowest BCUT2D eigenvalue weighted by Gasteiger charge is -1.88. The molecule has 0 aliphatic heterocycles. The van der Waals surface area contributed by atoms with E-state index in [9.17, 15) is 14.9 Å². The third kappa shape index (κ3) is 58.2. The van der Waals surface area contributed by atoms with Crippen molar-refractivity contribution in [3.05, 3.63) is 10.1 Å². The van der Waals surface area contributed by atoms with Gasteiger partial charge < -0.3 is 24.6 Å². The maximum Gasteiger partial charge on any atom is 0.466 e. The number of carboxylic acids is 1. The lowest BCUT2D eigenvalue weighted by Crippen LogP contribution is -2.10. The van der Waals surface area contributed by atoms with Gasteiger partial charge in [-0.1, -0.05) is 0 Å². The highest BCUT2D eigenvalue weighted by molar-refractivity contribution is 7.45. The number of carboxylic acid groups (broad SMARTS) is 1. The molecule has 13 heavy (non-hydrogen) atoms. The lowest BCUT2D eigenvalue weighted by atomic mass is 10.8. The summed E-state index contributed by atoms with van der Waals surface area (Å²) < 4.78 is 8.88. The van der Waals surface area contributed by atoms with E-state index in [2.05, 4.69) is 4.84 Å². The van der Waals surface area contributed by atoms with Crippen molar-refractivity contribution < 1.29 is 39.1 Å². The number of hydrogen-bond acceptors (Lipinski definition) is 5. The summed E-state index contributed by atoms with van der Waals surface area (Å²) in [6, 6.07) is 0. The molecule has 78 valence electrons. The Morgan fingerprint density at radius 3 is 1.85 bits per heavy atom. The SMILES string of the molecule is O=C(O)CO[N+](=O)[O-].O=P(O)(O)O. The summed E-state index contributed by atoms with van der Waals surface area (Å²) in [6.45, 7) is -0.896. The zero-order valence-corrected chi connectivity index (χ0v) is 6.83. The number of phosphoric acid groups is 1. The van der Waals surface area contributed by atoms with Crippen molar-refractivity contribution in [2.45, 2.75) is 0 Å². The van der Waals surface area contributed by atoms with Gasteiger partial charge in [0.15, 0.2) is 6.61 Å². The van der Waals surface area contributed by atoms with Crippen LogP contribution in [0, 0.1) is 10.1 Å². The van der Waals surface area contributed by atoms with Gasteiger partial charge in [0.25, 0.3) is 5.09 Å². The van der Waals surface area contributed by atoms with Crippen molar-refractivity contribution >= 4 is 13.8 Å². The Bertz CT molecular complexity index is 195. The highest BCUT2D eigenvalue weighted by Gasteiger charge is 2.00. The largest absolute Gasteiger partial charge is 0.480 e. The fourth-order valence-corrected chi connectivity index (χ4v) is 0.108. The molecule has 0 aliphatic carbocycles. The predicted octanol–water partition coefficient (Wildman–Crippen LogP) is -1.65. The van der Waals surface area contributed by atoms with Gasteiger partial charge in [-0.05, 0) is 0 Å². The number of hydrogen-bond donors (Lipinski definition) is 4. The molecule has 0 aliphatic rings. The lowest BCUT2D eigenvalue weighted by molar-refractivity contribution is -0.754. The molecule has 10 nitrogen and oxygen atoms in total. The average molecular weight is 219 g/mol. The molecule has 0 atom stereocenters. The molecule has 0 radical (unpaired) electrons. The van der Waals surface area contributed by atoms with Crippen molar-refractivity contribution in [1.29, 1.82) is 0 Å². The second kappa shape index (κ2) is 6.31. The zero-order valence-electron chi connectivity index (χ0n) is 5.93. The molecule has 0 aromatic carbocycles. The predicted molar refractivity (Wildman–Crippen MR) is 34.8 cm³/mol. The molecule has 0 aromatic rings. The molecule has 0 rings (SSSR count). The summed E-state index contributed by atoms with van der Waals surface area (Å²) >= 11 is 0. The third-order valence-electron chi connectivity index (χ3n) is 0.293. The van der Waals surface area contributed by atoms with Crippen molar-refractivity contribution in [3.8, 4) is 0 Å². The molecule has 0 fully saturated rings. The smallest absolute Gasteiger partial charge is 0.466 e. The van der Waals surface area contributed by atoms with E-state index >= 15 is 0 Å². The third-order valence-corrected chi connectivity index (χ3v) is 0.293. The van der Waals surface area contributed by atoms with Gasteiger partial charge in [0.2, 0.25) is 0 Å². The summed E-state index contributed by atoms with van der Waals surface area (Å²) in [5.74, 6) is -1.36. The van der Waals surface area contributed by atoms with Crippen molar-refractivity contribution in [3.63, 3.8) is 0 Å². The van der Waals surface area contributed by atoms with Gasteiger partial charge >= 0.3 is 13.8 Å². The number of aliphatic carboxylic acids is 1. The van der Waals surface area contributed by atoms with E-state index in [1.165, 1.54) is 0 Å². The van der Waals surface area contributed by atoms with Gasteiger partial charge in [0.1, 0.15) is 0 Å². The maximum absolute atomic E-state index is 9.47. The van der Waals surface area contributed by atoms with Crippen molar-refractivity contribution in [2.24, 2.45) is 0 Å². The van der Waals surface area contributed by atoms with Crippen molar-refractivity contribution in [2.75, 3.05) is 6.61 Å². The molecule has 0 bridgehead atoms. The summed E-state index contributed by atoms with van der Waals surface area (Å²) in [5, 5.41) is 15.8. The molecular formula is C2H6NO9P. The Kier molecular flexibility index (Phi) is 6.95. The number of nitrogens with zero attached hydrogens (tertiary/aromatic N) is 1. The van der Waals surface area contributed by atoms with Crippen LogP contribution in [-0.4, -0.2) is 37.4 Å². The van der Waals surface area contributed by atoms with Crippen LogP contribution in [0.1, 0.15) is 0 Å². The van der Waals surface area contributed by atoms with Gasteiger partial charge in [-0.15, -0.1) is 10.1 Å². The molecule has 0 spiro atoms. The average Bonchev–Trinajstić information content (AvgIpc) is 1.79. The van der Waals surface area contributed by atoms with E-state index in [0.29, 0.717) is 0 Å². The fraction of sp³-hybridized carbons (Fsp3) is 0.500. The number of rotatable bonds is 3. The monoisotopic (exact) mass is 219 g/mol. The molecule has 0 heterocycles. The van der Waals surface area contributed by atoms with Crippen LogP contribution < -0.4 is 0 Å². The normalized spacial score (nSPS) is 9.46. The molecule has 0 amide bonds. The molecule has 11 heteroatoms. The first kappa shape index (κ1) is 14.3. The second-order valence-electron chi connectivity index (χ2n) is 1.40. The van der Waals surface area contributed by atoms with Crippen LogP contribution in [0.4, 0.5) is 0 Å². The minimum Gasteiger partial charge on any atom is -0.480 e. The molecule has 0 aromatic heterocycles. The Morgan fingerprint density at radius 2 is 1.77 bits per heavy atom. The zero-order chi connectivity index (χ0) is 11.1. The molecule has 0 saturated heterocycles. The highest BCUT2D eigenvalue weighted by Crippen LogP contribution is 2.25. The van der Waals surface area contributed by atoms with E-state index in [4.69, 9.17) is 24.4 Å². The number of carbonyl (C=O) groups is 1. The van der Waals surface area contributed by atoms with Gasteiger partial charge in [0, 0.05) is 0 Å². The van der Waals surface area contributed by atoms with Crippen LogP contribution in [0.15, 0.2) is 0 Å². The minimum atomic E-state index is -4.64. The summed E-state index contributed by atoms with van der Waals surface area (Å²) in [6.07, 6.45) is 0. The Hall–Kier alpha value is -1.22. The van der Waals surface area contributed by atoms with E-state index in [-0.39, 0.29) is 0 Å². The van der Waals surface area contributed by atoms with Crippen LogP contribution in [-0.2, 0) is 14.2 Å². The van der Waals surface area contributed by atoms with Crippen LogP contribution in [0.5, 0.6) is 0 Å². The van der Waals surface area contributed by atoms with Gasteiger partial charge in [-0.25, -0.2) is 4.57 Å². The Balaban J connectivity index is 0. The minimum absolute atomic E-state index is 0.896. The first-order valence-corrected chi connectivity index (χ1v) is 3.97. The fourth-order valence-electron chi connectivity index (χ4n) is 0.108. The van der Waals surface area contributed by atoms with E-state index in [0.717, 1.165) is 0 Å². The Labute approximate surface area is 70.7 Å². The van der Waals surface area contributed by atoms with Gasteiger partial charge in [0.05, 0.1) is 0 Å². The first-order valence-electron chi connectivity index (χ1n) is 2.40. The van der Waals surface area contributed by atoms with Crippen LogP contribution in [0.3, 0.4) is 0 Å². The Morgan fingerprint density at radius 1 is 1.46 bits per heavy atom. The molecule has 0 saturated carbocycles. The van der Waals surface area contributed by atoms with Crippen LogP contribution in [0.25, 0.3) is 0 Å². The summed E-state index contributed by atoms with van der Waals surface area (Å²) in [7, 11) is -4.64.